The van der Waals surface area contributed by atoms with Crippen LogP contribution in [0.4, 0.5) is 0 Å². The first-order valence-corrected chi connectivity index (χ1v) is 25.2. The first-order valence-electron chi connectivity index (χ1n) is 23.3. The molecule has 0 heterocycles. The molecule has 0 atom stereocenters. The lowest BCUT2D eigenvalue weighted by molar-refractivity contribution is -0.143. The molecule has 5 nitrogen and oxygen atoms in total. The van der Waals surface area contributed by atoms with Crippen molar-refractivity contribution in [1.29, 1.82) is 0 Å². The van der Waals surface area contributed by atoms with Crippen LogP contribution in [0, 0.1) is 11.8 Å². The summed E-state index contributed by atoms with van der Waals surface area (Å²) >= 11 is 0. The van der Waals surface area contributed by atoms with E-state index in [0.717, 1.165) is 50.4 Å². The lowest BCUT2D eigenvalue weighted by atomic mass is 9.93. The number of esters is 2. The van der Waals surface area contributed by atoms with Gasteiger partial charge < -0.3 is 14.4 Å². The Bertz CT molecular complexity index is 797. The number of carbonyl (C=O) groups is 2. The van der Waals surface area contributed by atoms with Crippen molar-refractivity contribution in [2.24, 2.45) is 11.8 Å². The number of allylic oxidation sites excluding steroid dienone is 2. The van der Waals surface area contributed by atoms with Crippen molar-refractivity contribution >= 4 is 19.9 Å². The summed E-state index contributed by atoms with van der Waals surface area (Å²) in [5.74, 6) is 1.48. The Hall–Kier alpha value is -1.19. The summed E-state index contributed by atoms with van der Waals surface area (Å²) in [7, 11) is 4.47. The van der Waals surface area contributed by atoms with Gasteiger partial charge >= 0.3 is 11.9 Å². The molecule has 6 heteroatoms. The van der Waals surface area contributed by atoms with E-state index < -0.39 is 0 Å². The maximum Gasteiger partial charge on any atom is 0.306 e. The zero-order chi connectivity index (χ0) is 39.7. The van der Waals surface area contributed by atoms with Crippen molar-refractivity contribution in [2.75, 3.05) is 52.3 Å². The maximum absolute atomic E-state index is 12.2. The third-order valence-corrected chi connectivity index (χ3v) is 13.7. The molecule has 0 aliphatic heterocycles. The van der Waals surface area contributed by atoms with Crippen LogP contribution in [0.15, 0.2) is 24.3 Å². The molecule has 0 aromatic carbocycles. The molecule has 0 aliphatic rings. The molecular formula is C48H92NO4P. The van der Waals surface area contributed by atoms with E-state index in [1.54, 1.807) is 0 Å². The molecule has 0 unspecified atom stereocenters. The highest BCUT2D eigenvalue weighted by Crippen LogP contribution is 2.39. The molecule has 0 N–H and O–H groups in total. The van der Waals surface area contributed by atoms with E-state index >= 15 is 0 Å². The van der Waals surface area contributed by atoms with E-state index in [2.05, 4.69) is 71.0 Å². The third-order valence-electron chi connectivity index (χ3n) is 10.9. The summed E-state index contributed by atoms with van der Waals surface area (Å²) in [5.41, 5.74) is 0. The predicted molar refractivity (Wildman–Crippen MR) is 239 cm³/mol. The molecule has 318 valence electrons. The molecule has 0 fully saturated rings. The molecule has 0 aromatic rings. The van der Waals surface area contributed by atoms with Gasteiger partial charge in [0.05, 0.1) is 0 Å². The van der Waals surface area contributed by atoms with Gasteiger partial charge in [-0.25, -0.2) is 0 Å². The van der Waals surface area contributed by atoms with Crippen molar-refractivity contribution in [3.63, 3.8) is 0 Å². The number of hydrogen-bond acceptors (Lipinski definition) is 5. The van der Waals surface area contributed by atoms with Crippen LogP contribution in [-0.2, 0) is 19.1 Å². The van der Waals surface area contributed by atoms with Crippen LogP contribution in [0.1, 0.15) is 207 Å². The van der Waals surface area contributed by atoms with Gasteiger partial charge in [0, 0.05) is 12.8 Å². The second-order valence-electron chi connectivity index (χ2n) is 16.5. The Balaban J connectivity index is 4.13. The summed E-state index contributed by atoms with van der Waals surface area (Å²) in [6.45, 7) is 11.1. The van der Waals surface area contributed by atoms with Crippen molar-refractivity contribution in [3.05, 3.63) is 24.3 Å². The first-order chi connectivity index (χ1) is 26.4. The van der Waals surface area contributed by atoms with Crippen molar-refractivity contribution in [1.82, 2.24) is 4.90 Å². The average molecular weight is 778 g/mol. The fourth-order valence-corrected chi connectivity index (χ4v) is 9.92. The quantitative estimate of drug-likeness (QED) is 0.0268. The van der Waals surface area contributed by atoms with E-state index in [1.807, 2.05) is 0 Å². The fourth-order valence-electron chi connectivity index (χ4n) is 7.24. The predicted octanol–water partition coefficient (Wildman–Crippen LogP) is 14.5. The number of hydrogen-bond donors (Lipinski definition) is 0. The number of rotatable bonds is 41. The van der Waals surface area contributed by atoms with Gasteiger partial charge in [0.25, 0.3) is 0 Å². The van der Waals surface area contributed by atoms with E-state index in [9.17, 15) is 9.59 Å². The number of nitrogens with zero attached hydrogens (tertiary/aromatic N) is 1. The van der Waals surface area contributed by atoms with Crippen LogP contribution in [-0.4, -0.2) is 69.2 Å². The third kappa shape index (κ3) is 37.7. The molecule has 0 saturated carbocycles. The largest absolute Gasteiger partial charge is 0.461 e. The Morgan fingerprint density at radius 1 is 0.481 bits per heavy atom. The number of ether oxygens (including phenoxy) is 2. The standard InChI is InChI=1S/C48H92NO4P/c1-7-11-31-45(32-12-8-2)35-23-26-40-52-47(50)37-21-17-15-19-28-42-54(44-30-25-39-49(5)6)43-29-20-16-18-22-38-48(51)53-41-27-24-36-46(33-13-9-3)34-14-10-4/h23-24,26-27,45-46H,7-22,25,28-44H2,1-6H3. The van der Waals surface area contributed by atoms with Gasteiger partial charge in [-0.1, -0.05) is 168 Å². The van der Waals surface area contributed by atoms with Crippen LogP contribution in [0.25, 0.3) is 0 Å². The van der Waals surface area contributed by atoms with Gasteiger partial charge in [0.2, 0.25) is 0 Å². The number of carbonyl (C=O) groups excluding carboxylic acids is 2. The van der Waals surface area contributed by atoms with Crippen molar-refractivity contribution in [3.8, 4) is 0 Å². The highest BCUT2D eigenvalue weighted by atomic mass is 31.1. The minimum absolute atomic E-state index is 0.0405. The lowest BCUT2D eigenvalue weighted by Gasteiger charge is -2.18. The highest BCUT2D eigenvalue weighted by Gasteiger charge is 2.10. The van der Waals surface area contributed by atoms with Crippen molar-refractivity contribution in [2.45, 2.75) is 207 Å². The smallest absolute Gasteiger partial charge is 0.306 e. The highest BCUT2D eigenvalue weighted by molar-refractivity contribution is 7.57. The molecule has 0 spiro atoms. The molecule has 0 bridgehead atoms. The molecule has 0 rings (SSSR count). The van der Waals surface area contributed by atoms with Gasteiger partial charge in [-0.05, 0) is 102 Å². The van der Waals surface area contributed by atoms with E-state index in [1.165, 1.54) is 153 Å². The second-order valence-corrected chi connectivity index (χ2v) is 19.2. The molecular weight excluding hydrogens is 686 g/mol. The van der Waals surface area contributed by atoms with E-state index in [4.69, 9.17) is 9.47 Å². The van der Waals surface area contributed by atoms with Gasteiger partial charge in [-0.15, -0.1) is 7.92 Å². The summed E-state index contributed by atoms with van der Waals surface area (Å²) < 4.78 is 11.0. The van der Waals surface area contributed by atoms with E-state index in [-0.39, 0.29) is 19.9 Å². The normalized spacial score (nSPS) is 12.6. The summed E-state index contributed by atoms with van der Waals surface area (Å²) in [6, 6.07) is 0. The Morgan fingerprint density at radius 2 is 0.833 bits per heavy atom. The van der Waals surface area contributed by atoms with Gasteiger partial charge in [-0.3, -0.25) is 9.59 Å². The Labute approximate surface area is 338 Å². The fraction of sp³-hybridized carbons (Fsp3) is 0.875. The molecule has 0 radical (unpaired) electrons. The summed E-state index contributed by atoms with van der Waals surface area (Å²) in [6.07, 6.45) is 46.3. The molecule has 0 aromatic heterocycles. The van der Waals surface area contributed by atoms with Crippen LogP contribution >= 0.6 is 7.92 Å². The minimum atomic E-state index is -0.0405. The SMILES string of the molecule is CCCCC(CC=CCOC(=O)CCCCCCCP(CCCCCCCC(=O)OCC=CCC(CCCC)CCCC)CCCCN(C)C)CCCC. The lowest BCUT2D eigenvalue weighted by Crippen LogP contribution is -2.13. The van der Waals surface area contributed by atoms with Crippen LogP contribution in [0.3, 0.4) is 0 Å². The topological polar surface area (TPSA) is 55.8 Å². The van der Waals surface area contributed by atoms with Crippen LogP contribution in [0.5, 0.6) is 0 Å². The van der Waals surface area contributed by atoms with Gasteiger partial charge in [0.1, 0.15) is 13.2 Å². The average Bonchev–Trinajstić information content (AvgIpc) is 3.16. The monoisotopic (exact) mass is 778 g/mol. The minimum Gasteiger partial charge on any atom is -0.461 e. The van der Waals surface area contributed by atoms with Gasteiger partial charge in [0.15, 0.2) is 0 Å². The number of unbranched alkanes of at least 4 members (excludes halogenated alkanes) is 13. The first kappa shape index (κ1) is 52.8. The van der Waals surface area contributed by atoms with Crippen LogP contribution < -0.4 is 0 Å². The Kier molecular flexibility index (Phi) is 40.5. The molecule has 0 amide bonds. The van der Waals surface area contributed by atoms with E-state index in [0.29, 0.717) is 26.1 Å². The second kappa shape index (κ2) is 41.4. The van der Waals surface area contributed by atoms with Crippen LogP contribution in [0.2, 0.25) is 0 Å². The Morgan fingerprint density at radius 3 is 1.20 bits per heavy atom. The maximum atomic E-state index is 12.2. The zero-order valence-electron chi connectivity index (χ0n) is 37.0. The van der Waals surface area contributed by atoms with Gasteiger partial charge in [-0.2, -0.15) is 0 Å². The molecule has 54 heavy (non-hydrogen) atoms. The van der Waals surface area contributed by atoms with Crippen molar-refractivity contribution < 1.29 is 19.1 Å². The summed E-state index contributed by atoms with van der Waals surface area (Å²) in [5, 5.41) is 0. The summed E-state index contributed by atoms with van der Waals surface area (Å²) in [4.78, 5) is 26.8. The molecule has 0 saturated heterocycles. The molecule has 0 aliphatic carbocycles. The zero-order valence-corrected chi connectivity index (χ0v) is 37.9.